The number of halogens is 2. The van der Waals surface area contributed by atoms with E-state index in [0.29, 0.717) is 0 Å². The van der Waals surface area contributed by atoms with Crippen molar-refractivity contribution in [2.75, 3.05) is 9.80 Å². The highest BCUT2D eigenvalue weighted by molar-refractivity contribution is 5.92. The Morgan fingerprint density at radius 3 is 0.980 bits per heavy atom. The molecule has 0 aromatic heterocycles. The van der Waals surface area contributed by atoms with E-state index in [0.717, 1.165) is 127 Å². The summed E-state index contributed by atoms with van der Waals surface area (Å²) in [6.45, 7) is 8.80. The summed E-state index contributed by atoms with van der Waals surface area (Å²) in [4.78, 5) is 4.47. The van der Waals surface area contributed by atoms with Crippen LogP contribution in [-0.4, -0.2) is 0 Å². The van der Waals surface area contributed by atoms with E-state index >= 15 is 8.78 Å². The number of benzene rings is 14. The summed E-state index contributed by atoms with van der Waals surface area (Å²) in [5, 5.41) is 0. The highest BCUT2D eigenvalue weighted by atomic mass is 19.1. The molecule has 18 rings (SSSR count). The summed E-state index contributed by atoms with van der Waals surface area (Å²) in [5.41, 5.74) is 30.3. The molecular weight excluding hydrogens is 1230 g/mol. The van der Waals surface area contributed by atoms with Gasteiger partial charge in [0.15, 0.2) is 0 Å². The smallest absolute Gasteiger partial charge is 0.127 e. The van der Waals surface area contributed by atoms with Crippen LogP contribution in [0.25, 0.3) is 33.4 Å². The monoisotopic (exact) mass is 1300 g/mol. The molecule has 4 aliphatic carbocycles. The lowest BCUT2D eigenvalue weighted by molar-refractivity contribution is 0.480. The van der Waals surface area contributed by atoms with Crippen LogP contribution in [0.1, 0.15) is 89.0 Å². The van der Waals surface area contributed by atoms with Crippen molar-refractivity contribution in [3.05, 3.63) is 404 Å². The molecule has 0 saturated carbocycles. The average Bonchev–Trinajstić information content (AvgIpc) is 1.46. The van der Waals surface area contributed by atoms with Crippen molar-refractivity contribution >= 4 is 34.1 Å². The minimum Gasteiger partial charge on any atom is -0.457 e. The van der Waals surface area contributed by atoms with Crippen molar-refractivity contribution in [1.29, 1.82) is 0 Å². The van der Waals surface area contributed by atoms with Gasteiger partial charge in [0.05, 0.1) is 10.8 Å². The lowest BCUT2D eigenvalue weighted by atomic mass is 9.66. The van der Waals surface area contributed by atoms with Gasteiger partial charge in [-0.15, -0.1) is 0 Å². The van der Waals surface area contributed by atoms with Gasteiger partial charge in [-0.25, -0.2) is 8.78 Å². The maximum atomic E-state index is 15.1. The van der Waals surface area contributed by atoms with Crippen LogP contribution in [0.4, 0.5) is 42.9 Å². The van der Waals surface area contributed by atoms with Crippen molar-refractivity contribution < 1.29 is 18.3 Å². The number of aryl methyl sites for hydroxylation is 8. The van der Waals surface area contributed by atoms with Crippen molar-refractivity contribution in [3.63, 3.8) is 0 Å². The number of nitrogens with zero attached hydrogens (tertiary/aromatic N) is 2. The van der Waals surface area contributed by atoms with E-state index in [-0.39, 0.29) is 11.6 Å². The standard InChI is InChI=1S/C94H70F2N2O2/c1-59-13-15-61(3)89(53-59)93(69-27-47-79(48-28-69)99-81-45-25-65-17-19-67(65)55-81)87-11-7-5-9-83(87)85-51-43-77(57-91(85)93)97(75-39-31-71(95)32-40-75)73-35-21-63(22-36-73)64-23-37-74(38-24-64)98(76-41-33-72(96)34-42-76)78-44-52-86-84-10-6-8-12-88(84)94(92(86)58-78,90-54-60(2)14-16-62(90)4)70-29-49-80(50-30-70)100-82-46-26-66-18-20-68(66)56-82/h5-16,21-58H,17-20H2,1-4H3. The van der Waals surface area contributed by atoms with Gasteiger partial charge in [0.25, 0.3) is 0 Å². The first kappa shape index (κ1) is 60.5. The molecule has 0 fully saturated rings. The lowest BCUT2D eigenvalue weighted by Gasteiger charge is -2.36. The summed E-state index contributed by atoms with van der Waals surface area (Å²) >= 11 is 0. The molecule has 4 nitrogen and oxygen atoms in total. The van der Waals surface area contributed by atoms with Crippen LogP contribution < -0.4 is 19.3 Å². The molecule has 4 aliphatic rings. The van der Waals surface area contributed by atoms with Crippen molar-refractivity contribution in [1.82, 2.24) is 0 Å². The lowest BCUT2D eigenvalue weighted by Crippen LogP contribution is -2.30. The van der Waals surface area contributed by atoms with Gasteiger partial charge in [-0.2, -0.15) is 0 Å². The van der Waals surface area contributed by atoms with Gasteiger partial charge in [-0.1, -0.05) is 169 Å². The Labute approximate surface area is 583 Å². The summed E-state index contributed by atoms with van der Waals surface area (Å²) in [6.07, 6.45) is 4.42. The molecule has 100 heavy (non-hydrogen) atoms. The Balaban J connectivity index is 0.714. The van der Waals surface area contributed by atoms with Gasteiger partial charge in [0, 0.05) is 34.1 Å². The Morgan fingerprint density at radius 2 is 0.610 bits per heavy atom. The number of fused-ring (bicyclic) bond motifs is 8. The molecule has 0 bridgehead atoms. The SMILES string of the molecule is Cc1ccc(C)c(C2(c3ccc(Oc4ccc5c(c4)CC5)cc3)c3ccccc3-c3ccc(N(c4ccc(F)cc4)c4ccc(-c5ccc(N(c6ccc(F)cc6)c6ccc7c(c6)C(c6ccc(Oc8ccc9c(c8)CC9)cc6)(c6cc(C)ccc6C)c6ccccc6-7)cc5)cc4)cc32)c1. The quantitative estimate of drug-likeness (QED) is 0.102. The van der Waals surface area contributed by atoms with Gasteiger partial charge >= 0.3 is 0 Å². The predicted octanol–water partition coefficient (Wildman–Crippen LogP) is 24.3. The van der Waals surface area contributed by atoms with Crippen LogP contribution in [0, 0.1) is 39.3 Å². The van der Waals surface area contributed by atoms with E-state index in [1.807, 2.05) is 24.3 Å². The third-order valence-electron chi connectivity index (χ3n) is 21.7. The van der Waals surface area contributed by atoms with Crippen molar-refractivity contribution in [2.45, 2.75) is 64.2 Å². The second kappa shape index (κ2) is 24.0. The molecule has 6 heteroatoms. The fraction of sp³-hybridized carbons (Fsp3) is 0.106. The van der Waals surface area contributed by atoms with E-state index in [2.05, 4.69) is 292 Å². The first-order chi connectivity index (χ1) is 48.9. The van der Waals surface area contributed by atoms with Crippen LogP contribution in [0.2, 0.25) is 0 Å². The highest BCUT2D eigenvalue weighted by Crippen LogP contribution is 2.60. The van der Waals surface area contributed by atoms with Crippen molar-refractivity contribution in [2.24, 2.45) is 0 Å². The van der Waals surface area contributed by atoms with E-state index in [9.17, 15) is 0 Å². The van der Waals surface area contributed by atoms with Gasteiger partial charge in [0.2, 0.25) is 0 Å². The molecule has 2 unspecified atom stereocenters. The van der Waals surface area contributed by atoms with Crippen LogP contribution in [0.15, 0.2) is 303 Å². The number of rotatable bonds is 15. The van der Waals surface area contributed by atoms with Crippen molar-refractivity contribution in [3.8, 4) is 56.4 Å². The fourth-order valence-electron chi connectivity index (χ4n) is 16.6. The summed E-state index contributed by atoms with van der Waals surface area (Å²) in [5.74, 6) is 2.66. The number of ether oxygens (including phenoxy) is 2. The Kier molecular flexibility index (Phi) is 14.5. The molecule has 0 radical (unpaired) electrons. The van der Waals surface area contributed by atoms with E-state index in [4.69, 9.17) is 9.47 Å². The molecule has 0 N–H and O–H groups in total. The molecule has 0 aliphatic heterocycles. The number of hydrogen-bond donors (Lipinski definition) is 0. The average molecular weight is 1300 g/mol. The molecule has 482 valence electrons. The van der Waals surface area contributed by atoms with Gasteiger partial charge in [0.1, 0.15) is 34.6 Å². The van der Waals surface area contributed by atoms with Gasteiger partial charge < -0.3 is 19.3 Å². The zero-order chi connectivity index (χ0) is 67.4. The number of hydrogen-bond acceptors (Lipinski definition) is 4. The first-order valence-electron chi connectivity index (χ1n) is 34.7. The minimum atomic E-state index is -0.715. The molecule has 14 aromatic carbocycles. The second-order valence-corrected chi connectivity index (χ2v) is 27.5. The minimum absolute atomic E-state index is 0.304. The van der Waals surface area contributed by atoms with Crippen LogP contribution in [0.5, 0.6) is 23.0 Å². The molecule has 0 saturated heterocycles. The van der Waals surface area contributed by atoms with E-state index in [1.54, 1.807) is 0 Å². The topological polar surface area (TPSA) is 24.9 Å². The Hall–Kier alpha value is -11.9. The summed E-state index contributed by atoms with van der Waals surface area (Å²) < 4.78 is 43.2. The van der Waals surface area contributed by atoms with Crippen LogP contribution in [0.3, 0.4) is 0 Å². The largest absolute Gasteiger partial charge is 0.457 e. The van der Waals surface area contributed by atoms with E-state index in [1.165, 1.54) is 102 Å². The zero-order valence-corrected chi connectivity index (χ0v) is 56.2. The maximum absolute atomic E-state index is 15.1. The highest BCUT2D eigenvalue weighted by Gasteiger charge is 2.49. The predicted molar refractivity (Wildman–Crippen MR) is 403 cm³/mol. The first-order valence-corrected chi connectivity index (χ1v) is 34.7. The Morgan fingerprint density at radius 1 is 0.270 bits per heavy atom. The Bertz CT molecular complexity index is 5200. The maximum Gasteiger partial charge on any atom is 0.127 e. The fourth-order valence-corrected chi connectivity index (χ4v) is 16.6. The molecule has 0 spiro atoms. The summed E-state index contributed by atoms with van der Waals surface area (Å²) in [6, 6.07) is 106. The molecule has 2 atom stereocenters. The van der Waals surface area contributed by atoms with Crippen LogP contribution in [-0.2, 0) is 36.5 Å². The molecule has 14 aromatic rings. The molecular formula is C94H70F2N2O2. The van der Waals surface area contributed by atoms with Gasteiger partial charge in [-0.3, -0.25) is 0 Å². The third kappa shape index (κ3) is 9.98. The van der Waals surface area contributed by atoms with Crippen LogP contribution >= 0.6 is 0 Å². The normalized spacial score (nSPS) is 15.6. The second-order valence-electron chi connectivity index (χ2n) is 27.5. The van der Waals surface area contributed by atoms with E-state index < -0.39 is 10.8 Å². The third-order valence-corrected chi connectivity index (χ3v) is 21.7. The number of anilines is 6. The summed E-state index contributed by atoms with van der Waals surface area (Å²) in [7, 11) is 0. The molecule has 0 amide bonds. The van der Waals surface area contributed by atoms with Gasteiger partial charge in [-0.05, 0) is 310 Å². The molecule has 0 heterocycles. The zero-order valence-electron chi connectivity index (χ0n) is 56.2.